The fraction of sp³-hybridized carbons (Fsp3) is 0.538. The van der Waals surface area contributed by atoms with Crippen molar-refractivity contribution >= 4 is 0 Å². The number of nitrogens with one attached hydrogen (secondary N) is 1. The van der Waals surface area contributed by atoms with E-state index in [4.69, 9.17) is 0 Å². The standard InChI is InChI=1S/C13H17F4N/c1-3-18-8-9(2)6-10-4-5-11(12(14)7-10)13(15,16)17/h4-5,7,9,18H,3,6,8H2,1-2H3. The van der Waals surface area contributed by atoms with E-state index < -0.39 is 17.6 Å². The molecule has 0 amide bonds. The maximum absolute atomic E-state index is 13.3. The van der Waals surface area contributed by atoms with Crippen LogP contribution in [0.3, 0.4) is 0 Å². The first-order chi connectivity index (χ1) is 8.34. The molecule has 0 radical (unpaired) electrons. The quantitative estimate of drug-likeness (QED) is 0.800. The van der Waals surface area contributed by atoms with Crippen molar-refractivity contribution in [3.63, 3.8) is 0 Å². The van der Waals surface area contributed by atoms with E-state index in [2.05, 4.69) is 5.32 Å². The molecule has 1 atom stereocenters. The second kappa shape index (κ2) is 6.18. The third-order valence-corrected chi connectivity index (χ3v) is 2.67. The Balaban J connectivity index is 2.73. The molecule has 0 spiro atoms. The average Bonchev–Trinajstić information content (AvgIpc) is 2.24. The molecule has 5 heteroatoms. The van der Waals surface area contributed by atoms with Gasteiger partial charge in [0.25, 0.3) is 0 Å². The predicted molar refractivity (Wildman–Crippen MR) is 62.8 cm³/mol. The molecule has 1 N–H and O–H groups in total. The number of hydrogen-bond donors (Lipinski definition) is 1. The molecule has 1 nitrogen and oxygen atoms in total. The molecule has 0 aliphatic carbocycles. The highest BCUT2D eigenvalue weighted by Gasteiger charge is 2.33. The largest absolute Gasteiger partial charge is 0.419 e. The summed E-state index contributed by atoms with van der Waals surface area (Å²) in [5.74, 6) is -0.947. The normalized spacial score (nSPS) is 13.7. The Morgan fingerprint density at radius 2 is 1.94 bits per heavy atom. The van der Waals surface area contributed by atoms with Crippen molar-refractivity contribution < 1.29 is 17.6 Å². The van der Waals surface area contributed by atoms with Crippen molar-refractivity contribution in [2.45, 2.75) is 26.4 Å². The SMILES string of the molecule is CCNCC(C)Cc1ccc(C(F)(F)F)c(F)c1. The Labute approximate surface area is 104 Å². The van der Waals surface area contributed by atoms with Crippen LogP contribution in [-0.4, -0.2) is 13.1 Å². The summed E-state index contributed by atoms with van der Waals surface area (Å²) in [4.78, 5) is 0. The molecule has 0 saturated carbocycles. The van der Waals surface area contributed by atoms with E-state index in [-0.39, 0.29) is 5.92 Å². The third-order valence-electron chi connectivity index (χ3n) is 2.67. The number of alkyl halides is 3. The molecule has 102 valence electrons. The van der Waals surface area contributed by atoms with Crippen molar-refractivity contribution in [1.29, 1.82) is 0 Å². The zero-order valence-electron chi connectivity index (χ0n) is 10.4. The lowest BCUT2D eigenvalue weighted by atomic mass is 9.99. The molecule has 18 heavy (non-hydrogen) atoms. The smallest absolute Gasteiger partial charge is 0.317 e. The fourth-order valence-corrected chi connectivity index (χ4v) is 1.78. The average molecular weight is 263 g/mol. The first-order valence-electron chi connectivity index (χ1n) is 5.91. The molecule has 0 bridgehead atoms. The van der Waals surface area contributed by atoms with Crippen molar-refractivity contribution in [3.8, 4) is 0 Å². The van der Waals surface area contributed by atoms with Crippen molar-refractivity contribution in [2.75, 3.05) is 13.1 Å². The molecule has 0 saturated heterocycles. The summed E-state index contributed by atoms with van der Waals surface area (Å²) in [6.45, 7) is 5.55. The zero-order chi connectivity index (χ0) is 13.8. The van der Waals surface area contributed by atoms with Crippen LogP contribution in [0, 0.1) is 11.7 Å². The number of rotatable bonds is 5. The Kier molecular flexibility index (Phi) is 5.14. The second-order valence-corrected chi connectivity index (χ2v) is 4.43. The minimum Gasteiger partial charge on any atom is -0.317 e. The summed E-state index contributed by atoms with van der Waals surface area (Å²) >= 11 is 0. The number of hydrogen-bond acceptors (Lipinski definition) is 1. The van der Waals surface area contributed by atoms with Gasteiger partial charge in [-0.1, -0.05) is 19.9 Å². The topological polar surface area (TPSA) is 12.0 Å². The summed E-state index contributed by atoms with van der Waals surface area (Å²) in [5, 5.41) is 3.14. The molecule has 1 aromatic rings. The highest BCUT2D eigenvalue weighted by molar-refractivity contribution is 5.26. The lowest BCUT2D eigenvalue weighted by Crippen LogP contribution is -2.22. The van der Waals surface area contributed by atoms with Gasteiger partial charge in [-0.2, -0.15) is 13.2 Å². The van der Waals surface area contributed by atoms with Gasteiger partial charge in [0, 0.05) is 0 Å². The molecule has 0 aromatic heterocycles. The fourth-order valence-electron chi connectivity index (χ4n) is 1.78. The van der Waals surface area contributed by atoms with E-state index in [1.807, 2.05) is 13.8 Å². The molecular formula is C13H17F4N. The van der Waals surface area contributed by atoms with Crippen molar-refractivity contribution in [3.05, 3.63) is 35.1 Å². The maximum Gasteiger partial charge on any atom is 0.419 e. The van der Waals surface area contributed by atoms with Gasteiger partial charge in [-0.05, 0) is 43.1 Å². The van der Waals surface area contributed by atoms with E-state index in [0.717, 1.165) is 25.2 Å². The van der Waals surface area contributed by atoms with Gasteiger partial charge in [-0.25, -0.2) is 4.39 Å². The molecular weight excluding hydrogens is 246 g/mol. The molecule has 0 fully saturated rings. The number of benzene rings is 1. The van der Waals surface area contributed by atoms with Crippen LogP contribution in [0.25, 0.3) is 0 Å². The van der Waals surface area contributed by atoms with Gasteiger partial charge in [-0.3, -0.25) is 0 Å². The van der Waals surface area contributed by atoms with Crippen molar-refractivity contribution in [2.24, 2.45) is 5.92 Å². The van der Waals surface area contributed by atoms with Crippen LogP contribution in [0.1, 0.15) is 25.0 Å². The highest BCUT2D eigenvalue weighted by atomic mass is 19.4. The van der Waals surface area contributed by atoms with Crippen LogP contribution in [0.4, 0.5) is 17.6 Å². The first kappa shape index (κ1) is 15.0. The van der Waals surface area contributed by atoms with Crippen LogP contribution in [0.2, 0.25) is 0 Å². The van der Waals surface area contributed by atoms with E-state index in [1.165, 1.54) is 6.07 Å². The van der Waals surface area contributed by atoms with E-state index in [0.29, 0.717) is 12.0 Å². The minimum atomic E-state index is -4.63. The predicted octanol–water partition coefficient (Wildman–Crippen LogP) is 3.63. The monoisotopic (exact) mass is 263 g/mol. The van der Waals surface area contributed by atoms with Gasteiger partial charge in [0.2, 0.25) is 0 Å². The highest BCUT2D eigenvalue weighted by Crippen LogP contribution is 2.31. The van der Waals surface area contributed by atoms with Gasteiger partial charge >= 0.3 is 6.18 Å². The van der Waals surface area contributed by atoms with Crippen LogP contribution >= 0.6 is 0 Å². The lowest BCUT2D eigenvalue weighted by Gasteiger charge is -2.13. The van der Waals surface area contributed by atoms with E-state index in [9.17, 15) is 17.6 Å². The van der Waals surface area contributed by atoms with Gasteiger partial charge in [0.1, 0.15) is 5.82 Å². The summed E-state index contributed by atoms with van der Waals surface area (Å²) in [5.41, 5.74) is -0.614. The third kappa shape index (κ3) is 4.29. The molecule has 0 heterocycles. The zero-order valence-corrected chi connectivity index (χ0v) is 10.4. The summed E-state index contributed by atoms with van der Waals surface area (Å²) in [6.07, 6.45) is -4.07. The van der Waals surface area contributed by atoms with Gasteiger partial charge in [-0.15, -0.1) is 0 Å². The van der Waals surface area contributed by atoms with Gasteiger partial charge in [0.15, 0.2) is 0 Å². The van der Waals surface area contributed by atoms with E-state index in [1.54, 1.807) is 0 Å². The second-order valence-electron chi connectivity index (χ2n) is 4.43. The van der Waals surface area contributed by atoms with Crippen molar-refractivity contribution in [1.82, 2.24) is 5.32 Å². The molecule has 0 aliphatic heterocycles. The molecule has 1 rings (SSSR count). The Morgan fingerprint density at radius 3 is 2.44 bits per heavy atom. The summed E-state index contributed by atoms with van der Waals surface area (Å²) in [7, 11) is 0. The van der Waals surface area contributed by atoms with Gasteiger partial charge < -0.3 is 5.32 Å². The summed E-state index contributed by atoms with van der Waals surface area (Å²) in [6, 6.07) is 3.13. The Morgan fingerprint density at radius 1 is 1.28 bits per heavy atom. The van der Waals surface area contributed by atoms with Gasteiger partial charge in [0.05, 0.1) is 5.56 Å². The lowest BCUT2D eigenvalue weighted by molar-refractivity contribution is -0.140. The minimum absolute atomic E-state index is 0.251. The summed E-state index contributed by atoms with van der Waals surface area (Å²) < 4.78 is 50.4. The Hall–Kier alpha value is -1.10. The van der Waals surface area contributed by atoms with E-state index >= 15 is 0 Å². The Bertz CT molecular complexity index is 387. The van der Waals surface area contributed by atoms with Crippen LogP contribution < -0.4 is 5.32 Å². The molecule has 0 aliphatic rings. The molecule has 1 aromatic carbocycles. The number of halogens is 4. The van der Waals surface area contributed by atoms with Crippen LogP contribution in [0.5, 0.6) is 0 Å². The van der Waals surface area contributed by atoms with Crippen LogP contribution in [-0.2, 0) is 12.6 Å². The van der Waals surface area contributed by atoms with Crippen LogP contribution in [0.15, 0.2) is 18.2 Å². The maximum atomic E-state index is 13.3. The first-order valence-corrected chi connectivity index (χ1v) is 5.91. The molecule has 1 unspecified atom stereocenters.